The van der Waals surface area contributed by atoms with Crippen molar-refractivity contribution in [1.29, 1.82) is 5.26 Å². The van der Waals surface area contributed by atoms with Crippen LogP contribution in [0.2, 0.25) is 0 Å². The van der Waals surface area contributed by atoms with E-state index in [2.05, 4.69) is 10.8 Å². The molecule has 0 N–H and O–H groups in total. The molecular weight excluding hydrogens is 166 g/mol. The third-order valence-electron chi connectivity index (χ3n) is 2.24. The van der Waals surface area contributed by atoms with Gasteiger partial charge >= 0.3 is 5.97 Å². The third-order valence-corrected chi connectivity index (χ3v) is 2.24. The first-order chi connectivity index (χ1) is 6.05. The van der Waals surface area contributed by atoms with E-state index < -0.39 is 5.41 Å². The van der Waals surface area contributed by atoms with E-state index in [9.17, 15) is 4.79 Å². The molecule has 3 nitrogen and oxygen atoms in total. The van der Waals surface area contributed by atoms with Crippen LogP contribution in [0, 0.1) is 22.7 Å². The highest BCUT2D eigenvalue weighted by atomic mass is 16.5. The van der Waals surface area contributed by atoms with E-state index in [-0.39, 0.29) is 11.9 Å². The van der Waals surface area contributed by atoms with Gasteiger partial charge in [0.1, 0.15) is 0 Å². The summed E-state index contributed by atoms with van der Waals surface area (Å²) in [5.74, 6) is -0.531. The van der Waals surface area contributed by atoms with Crippen LogP contribution in [0.4, 0.5) is 0 Å². The van der Waals surface area contributed by atoms with Crippen molar-refractivity contribution < 1.29 is 9.53 Å². The topological polar surface area (TPSA) is 50.1 Å². The maximum Gasteiger partial charge on any atom is 0.310 e. The van der Waals surface area contributed by atoms with Gasteiger partial charge in [-0.2, -0.15) is 5.26 Å². The second kappa shape index (κ2) is 3.21. The Kier molecular flexibility index (Phi) is 2.42. The Morgan fingerprint density at radius 1 is 1.69 bits per heavy atom. The molecule has 0 spiro atoms. The van der Waals surface area contributed by atoms with Crippen molar-refractivity contribution in [2.24, 2.45) is 11.3 Å². The molecule has 0 aliphatic heterocycles. The molecule has 70 valence electrons. The Morgan fingerprint density at radius 3 is 2.69 bits per heavy atom. The minimum absolute atomic E-state index is 0.252. The number of esters is 1. The first-order valence-corrected chi connectivity index (χ1v) is 4.21. The van der Waals surface area contributed by atoms with Gasteiger partial charge in [0.25, 0.3) is 0 Å². The smallest absolute Gasteiger partial charge is 0.310 e. The summed E-state index contributed by atoms with van der Waals surface area (Å²) >= 11 is 0. The van der Waals surface area contributed by atoms with E-state index in [4.69, 9.17) is 5.26 Å². The van der Waals surface area contributed by atoms with Gasteiger partial charge in [-0.25, -0.2) is 0 Å². The van der Waals surface area contributed by atoms with Gasteiger partial charge < -0.3 is 4.74 Å². The van der Waals surface area contributed by atoms with Crippen molar-refractivity contribution in [3.05, 3.63) is 11.6 Å². The van der Waals surface area contributed by atoms with Gasteiger partial charge in [-0.15, -0.1) is 0 Å². The zero-order valence-corrected chi connectivity index (χ0v) is 8.13. The van der Waals surface area contributed by atoms with Crippen molar-refractivity contribution >= 4 is 5.97 Å². The summed E-state index contributed by atoms with van der Waals surface area (Å²) in [6.45, 7) is 3.84. The number of nitrogens with zero attached hydrogens (tertiary/aromatic N) is 1. The van der Waals surface area contributed by atoms with E-state index in [0.717, 1.165) is 5.57 Å². The molecule has 0 aromatic carbocycles. The number of rotatable bonds is 2. The standard InChI is InChI=1S/C10H13NO2/c1-7(2)4-10(6-11)5-8(10)9(12)13-3/h4,8H,5H2,1-3H3. The molecule has 1 aliphatic carbocycles. The molecule has 0 heterocycles. The van der Waals surface area contributed by atoms with Crippen LogP contribution in [0.25, 0.3) is 0 Å². The molecule has 0 saturated heterocycles. The molecular formula is C10H13NO2. The zero-order valence-electron chi connectivity index (χ0n) is 8.13. The third kappa shape index (κ3) is 1.72. The summed E-state index contributed by atoms with van der Waals surface area (Å²) in [6.07, 6.45) is 2.45. The van der Waals surface area contributed by atoms with Gasteiger partial charge in [-0.3, -0.25) is 4.79 Å². The number of ether oxygens (including phenoxy) is 1. The monoisotopic (exact) mass is 179 g/mol. The highest BCUT2D eigenvalue weighted by molar-refractivity contribution is 5.78. The molecule has 0 aromatic rings. The Balaban J connectivity index is 2.77. The molecule has 0 aromatic heterocycles. The van der Waals surface area contributed by atoms with E-state index in [0.29, 0.717) is 6.42 Å². The van der Waals surface area contributed by atoms with Crippen LogP contribution in [0.5, 0.6) is 0 Å². The molecule has 3 heteroatoms. The van der Waals surface area contributed by atoms with Gasteiger partial charge in [-0.1, -0.05) is 11.6 Å². The fraction of sp³-hybridized carbons (Fsp3) is 0.600. The van der Waals surface area contributed by atoms with E-state index in [1.807, 2.05) is 19.9 Å². The van der Waals surface area contributed by atoms with Crippen LogP contribution >= 0.6 is 0 Å². The van der Waals surface area contributed by atoms with Gasteiger partial charge in [0, 0.05) is 0 Å². The number of carbonyl (C=O) groups is 1. The van der Waals surface area contributed by atoms with Crippen molar-refractivity contribution in [3.63, 3.8) is 0 Å². The summed E-state index contributed by atoms with van der Waals surface area (Å²) in [4.78, 5) is 11.1. The normalized spacial score (nSPS) is 30.2. The van der Waals surface area contributed by atoms with E-state index in [1.54, 1.807) is 0 Å². The van der Waals surface area contributed by atoms with Crippen molar-refractivity contribution in [2.45, 2.75) is 20.3 Å². The average molecular weight is 179 g/mol. The molecule has 1 aliphatic rings. The number of nitriles is 1. The minimum atomic E-state index is -0.577. The first kappa shape index (κ1) is 9.79. The fourth-order valence-corrected chi connectivity index (χ4v) is 1.55. The quantitative estimate of drug-likeness (QED) is 0.478. The Hall–Kier alpha value is -1.30. The number of carbonyl (C=O) groups excluding carboxylic acids is 1. The molecule has 0 radical (unpaired) electrons. The van der Waals surface area contributed by atoms with Gasteiger partial charge in [0.15, 0.2) is 0 Å². The molecule has 0 amide bonds. The van der Waals surface area contributed by atoms with Crippen LogP contribution in [-0.4, -0.2) is 13.1 Å². The van der Waals surface area contributed by atoms with Gasteiger partial charge in [-0.05, 0) is 20.3 Å². The minimum Gasteiger partial charge on any atom is -0.469 e. The van der Waals surface area contributed by atoms with E-state index in [1.165, 1.54) is 7.11 Å². The zero-order chi connectivity index (χ0) is 10.1. The largest absolute Gasteiger partial charge is 0.469 e. The molecule has 2 atom stereocenters. The molecule has 1 saturated carbocycles. The van der Waals surface area contributed by atoms with Crippen LogP contribution in [0.3, 0.4) is 0 Å². The molecule has 1 rings (SSSR count). The van der Waals surface area contributed by atoms with Crippen LogP contribution in [0.1, 0.15) is 20.3 Å². The summed E-state index contributed by atoms with van der Waals surface area (Å²) < 4.78 is 4.59. The fourth-order valence-electron chi connectivity index (χ4n) is 1.55. The maximum absolute atomic E-state index is 11.1. The van der Waals surface area contributed by atoms with Gasteiger partial charge in [0.05, 0.1) is 24.5 Å². The van der Waals surface area contributed by atoms with Crippen LogP contribution in [-0.2, 0) is 9.53 Å². The highest BCUT2D eigenvalue weighted by Crippen LogP contribution is 2.54. The lowest BCUT2D eigenvalue weighted by atomic mass is 10.0. The number of hydrogen-bond acceptors (Lipinski definition) is 3. The second-order valence-corrected chi connectivity index (χ2v) is 3.65. The second-order valence-electron chi connectivity index (χ2n) is 3.65. The van der Waals surface area contributed by atoms with E-state index >= 15 is 0 Å². The lowest BCUT2D eigenvalue weighted by Crippen LogP contribution is -2.09. The van der Waals surface area contributed by atoms with Crippen LogP contribution < -0.4 is 0 Å². The average Bonchev–Trinajstić information content (AvgIpc) is 2.78. The number of allylic oxidation sites excluding steroid dienone is 2. The van der Waals surface area contributed by atoms with Gasteiger partial charge in [0.2, 0.25) is 0 Å². The Bertz CT molecular complexity index is 297. The predicted octanol–water partition coefficient (Wildman–Crippen LogP) is 1.66. The highest BCUT2D eigenvalue weighted by Gasteiger charge is 2.58. The molecule has 0 bridgehead atoms. The predicted molar refractivity (Wildman–Crippen MR) is 47.6 cm³/mol. The molecule has 1 fully saturated rings. The van der Waals surface area contributed by atoms with Crippen molar-refractivity contribution in [3.8, 4) is 6.07 Å². The number of methoxy groups -OCH3 is 1. The summed E-state index contributed by atoms with van der Waals surface area (Å²) in [7, 11) is 1.35. The summed E-state index contributed by atoms with van der Waals surface area (Å²) in [5, 5.41) is 8.92. The SMILES string of the molecule is COC(=O)C1CC1(C#N)C=C(C)C. The van der Waals surface area contributed by atoms with Crippen molar-refractivity contribution in [2.75, 3.05) is 7.11 Å². The van der Waals surface area contributed by atoms with Crippen LogP contribution in [0.15, 0.2) is 11.6 Å². The maximum atomic E-state index is 11.1. The number of hydrogen-bond donors (Lipinski definition) is 0. The molecule has 2 unspecified atom stereocenters. The molecule has 13 heavy (non-hydrogen) atoms. The van der Waals surface area contributed by atoms with Crippen molar-refractivity contribution in [1.82, 2.24) is 0 Å². The lowest BCUT2D eigenvalue weighted by molar-refractivity contribution is -0.142. The summed E-state index contributed by atoms with van der Waals surface area (Å²) in [6, 6.07) is 2.17. The summed E-state index contributed by atoms with van der Waals surface area (Å²) in [5.41, 5.74) is 0.485. The first-order valence-electron chi connectivity index (χ1n) is 4.21. The Morgan fingerprint density at radius 2 is 2.31 bits per heavy atom. The lowest BCUT2D eigenvalue weighted by Gasteiger charge is -2.01. The Labute approximate surface area is 78.0 Å².